The Labute approximate surface area is 110 Å². The predicted octanol–water partition coefficient (Wildman–Crippen LogP) is 2.98. The zero-order valence-corrected chi connectivity index (χ0v) is 10.5. The summed E-state index contributed by atoms with van der Waals surface area (Å²) in [5.74, 6) is -0.0985. The van der Waals surface area contributed by atoms with Gasteiger partial charge in [-0.3, -0.25) is 0 Å². The van der Waals surface area contributed by atoms with Crippen molar-refractivity contribution in [2.75, 3.05) is 0 Å². The lowest BCUT2D eigenvalue weighted by molar-refractivity contribution is 0.0696. The first-order chi connectivity index (χ1) is 9.06. The molecule has 0 aliphatic heterocycles. The van der Waals surface area contributed by atoms with Gasteiger partial charge >= 0.3 is 5.97 Å². The van der Waals surface area contributed by atoms with Crippen molar-refractivity contribution in [1.82, 2.24) is 0 Å². The molecule has 0 saturated carbocycles. The van der Waals surface area contributed by atoms with Crippen LogP contribution in [0.1, 0.15) is 21.5 Å². The molecule has 0 bridgehead atoms. The number of aromatic hydroxyl groups is 1. The molecule has 0 unspecified atom stereocenters. The van der Waals surface area contributed by atoms with Crippen molar-refractivity contribution in [1.29, 1.82) is 0 Å². The van der Waals surface area contributed by atoms with Crippen molar-refractivity contribution in [2.45, 2.75) is 13.5 Å². The van der Waals surface area contributed by atoms with Crippen LogP contribution in [0.25, 0.3) is 0 Å². The molecule has 0 fully saturated rings. The molecule has 2 aromatic carbocycles. The summed E-state index contributed by atoms with van der Waals surface area (Å²) >= 11 is 0. The smallest absolute Gasteiger partial charge is 0.335 e. The van der Waals surface area contributed by atoms with Crippen molar-refractivity contribution in [3.05, 3.63) is 59.2 Å². The van der Waals surface area contributed by atoms with E-state index in [4.69, 9.17) is 9.84 Å². The van der Waals surface area contributed by atoms with E-state index in [1.165, 1.54) is 6.07 Å². The fourth-order valence-electron chi connectivity index (χ4n) is 1.68. The minimum atomic E-state index is -0.956. The summed E-state index contributed by atoms with van der Waals surface area (Å²) in [6.07, 6.45) is 0. The average Bonchev–Trinajstić information content (AvgIpc) is 2.40. The quantitative estimate of drug-likeness (QED) is 0.884. The second-order valence-electron chi connectivity index (χ2n) is 4.24. The largest absolute Gasteiger partial charge is 0.508 e. The first-order valence-corrected chi connectivity index (χ1v) is 5.81. The summed E-state index contributed by atoms with van der Waals surface area (Å²) in [7, 11) is 0. The molecule has 0 aliphatic carbocycles. The number of aryl methyl sites for hydroxylation is 1. The van der Waals surface area contributed by atoms with Gasteiger partial charge < -0.3 is 14.9 Å². The number of carbonyl (C=O) groups is 1. The zero-order valence-electron chi connectivity index (χ0n) is 10.5. The Kier molecular flexibility index (Phi) is 3.71. The third-order valence-electron chi connectivity index (χ3n) is 2.75. The highest BCUT2D eigenvalue weighted by molar-refractivity contribution is 5.87. The van der Waals surface area contributed by atoms with E-state index in [2.05, 4.69) is 0 Å². The molecule has 2 N–H and O–H groups in total. The van der Waals surface area contributed by atoms with Gasteiger partial charge in [-0.1, -0.05) is 12.1 Å². The molecule has 0 saturated heterocycles. The maximum absolute atomic E-state index is 10.8. The van der Waals surface area contributed by atoms with E-state index in [1.807, 2.05) is 0 Å². The third kappa shape index (κ3) is 3.25. The Morgan fingerprint density at radius 2 is 2.00 bits per heavy atom. The number of benzene rings is 2. The fourth-order valence-corrected chi connectivity index (χ4v) is 1.68. The molecule has 0 amide bonds. The fraction of sp³-hybridized carbons (Fsp3) is 0.133. The lowest BCUT2D eigenvalue weighted by atomic mass is 10.1. The minimum Gasteiger partial charge on any atom is -0.508 e. The van der Waals surface area contributed by atoms with Crippen molar-refractivity contribution < 1.29 is 19.7 Å². The lowest BCUT2D eigenvalue weighted by Crippen LogP contribution is -2.00. The predicted molar refractivity (Wildman–Crippen MR) is 70.6 cm³/mol. The summed E-state index contributed by atoms with van der Waals surface area (Å²) < 4.78 is 5.56. The van der Waals surface area contributed by atoms with Gasteiger partial charge in [-0.2, -0.15) is 0 Å². The third-order valence-corrected chi connectivity index (χ3v) is 2.75. The molecule has 98 valence electrons. The second kappa shape index (κ2) is 5.44. The van der Waals surface area contributed by atoms with Crippen LogP contribution in [-0.4, -0.2) is 16.2 Å². The highest BCUT2D eigenvalue weighted by atomic mass is 16.5. The van der Waals surface area contributed by atoms with Gasteiger partial charge in [-0.05, 0) is 48.4 Å². The molecular formula is C15H14O4. The molecule has 0 aromatic heterocycles. The van der Waals surface area contributed by atoms with Crippen LogP contribution in [0.3, 0.4) is 0 Å². The molecule has 2 aromatic rings. The number of hydrogen-bond acceptors (Lipinski definition) is 3. The average molecular weight is 258 g/mol. The molecule has 2 rings (SSSR count). The van der Waals surface area contributed by atoms with Crippen LogP contribution >= 0.6 is 0 Å². The number of ether oxygens (including phenoxy) is 1. The Hall–Kier alpha value is -2.49. The van der Waals surface area contributed by atoms with E-state index in [0.29, 0.717) is 5.75 Å². The van der Waals surface area contributed by atoms with Gasteiger partial charge in [0.25, 0.3) is 0 Å². The van der Waals surface area contributed by atoms with Crippen LogP contribution in [0, 0.1) is 6.92 Å². The van der Waals surface area contributed by atoms with Crippen LogP contribution in [0.4, 0.5) is 0 Å². The van der Waals surface area contributed by atoms with Crippen LogP contribution < -0.4 is 4.74 Å². The van der Waals surface area contributed by atoms with E-state index in [9.17, 15) is 9.90 Å². The summed E-state index contributed by atoms with van der Waals surface area (Å²) in [5.41, 5.74) is 1.76. The van der Waals surface area contributed by atoms with E-state index >= 15 is 0 Å². The normalized spacial score (nSPS) is 10.2. The Morgan fingerprint density at radius 1 is 1.21 bits per heavy atom. The number of aromatic carboxylic acids is 1. The number of hydrogen-bond donors (Lipinski definition) is 2. The molecule has 4 nitrogen and oxygen atoms in total. The summed E-state index contributed by atoms with van der Waals surface area (Å²) in [4.78, 5) is 10.8. The van der Waals surface area contributed by atoms with Gasteiger partial charge in [0, 0.05) is 0 Å². The van der Waals surface area contributed by atoms with Gasteiger partial charge in [-0.15, -0.1) is 0 Å². The highest BCUT2D eigenvalue weighted by Crippen LogP contribution is 2.22. The van der Waals surface area contributed by atoms with Crippen LogP contribution in [0.5, 0.6) is 11.5 Å². The maximum Gasteiger partial charge on any atom is 0.335 e. The van der Waals surface area contributed by atoms with E-state index < -0.39 is 5.97 Å². The molecule has 0 radical (unpaired) electrons. The zero-order chi connectivity index (χ0) is 13.8. The molecule has 0 aliphatic rings. The minimum absolute atomic E-state index is 0.222. The molecule has 0 atom stereocenters. The van der Waals surface area contributed by atoms with Crippen molar-refractivity contribution in [3.63, 3.8) is 0 Å². The van der Waals surface area contributed by atoms with E-state index in [0.717, 1.165) is 11.1 Å². The summed E-state index contributed by atoms with van der Waals surface area (Å²) in [6.45, 7) is 2.07. The number of phenols is 1. The van der Waals surface area contributed by atoms with E-state index in [1.54, 1.807) is 43.3 Å². The first kappa shape index (κ1) is 13.0. The van der Waals surface area contributed by atoms with Crippen LogP contribution in [0.2, 0.25) is 0 Å². The van der Waals surface area contributed by atoms with Gasteiger partial charge in [0.1, 0.15) is 18.1 Å². The van der Waals surface area contributed by atoms with E-state index in [-0.39, 0.29) is 17.9 Å². The molecule has 19 heavy (non-hydrogen) atoms. The lowest BCUT2D eigenvalue weighted by Gasteiger charge is -2.08. The van der Waals surface area contributed by atoms with Gasteiger partial charge in [0.15, 0.2) is 0 Å². The van der Waals surface area contributed by atoms with Crippen molar-refractivity contribution >= 4 is 5.97 Å². The SMILES string of the molecule is Cc1cc(OCc2cccc(C(=O)O)c2)ccc1O. The van der Waals surface area contributed by atoms with Crippen molar-refractivity contribution in [2.24, 2.45) is 0 Å². The van der Waals surface area contributed by atoms with Crippen molar-refractivity contribution in [3.8, 4) is 11.5 Å². The Balaban J connectivity index is 2.07. The monoisotopic (exact) mass is 258 g/mol. The Bertz CT molecular complexity index is 605. The molecule has 4 heteroatoms. The van der Waals surface area contributed by atoms with Gasteiger partial charge in [0.2, 0.25) is 0 Å². The van der Waals surface area contributed by atoms with Gasteiger partial charge in [-0.25, -0.2) is 4.79 Å². The first-order valence-electron chi connectivity index (χ1n) is 5.81. The highest BCUT2D eigenvalue weighted by Gasteiger charge is 2.04. The van der Waals surface area contributed by atoms with Crippen LogP contribution in [0.15, 0.2) is 42.5 Å². The summed E-state index contributed by atoms with van der Waals surface area (Å²) in [5, 5.41) is 18.3. The standard InChI is InChI=1S/C15H14O4/c1-10-7-13(5-6-14(10)16)19-9-11-3-2-4-12(8-11)15(17)18/h2-8,16H,9H2,1H3,(H,17,18). The molecular weight excluding hydrogens is 244 g/mol. The molecule has 0 spiro atoms. The second-order valence-corrected chi connectivity index (χ2v) is 4.24. The van der Waals surface area contributed by atoms with Gasteiger partial charge in [0.05, 0.1) is 5.56 Å². The summed E-state index contributed by atoms with van der Waals surface area (Å²) in [6, 6.07) is 11.6. The number of phenolic OH excluding ortho intramolecular Hbond substituents is 1. The number of rotatable bonds is 4. The number of carboxylic acids is 1. The topological polar surface area (TPSA) is 66.8 Å². The number of carboxylic acid groups (broad SMARTS) is 1. The maximum atomic E-state index is 10.8. The molecule has 0 heterocycles. The Morgan fingerprint density at radius 3 is 2.68 bits per heavy atom. The van der Waals surface area contributed by atoms with Crippen LogP contribution in [-0.2, 0) is 6.61 Å².